The Morgan fingerprint density at radius 1 is 0.885 bits per heavy atom. The Morgan fingerprint density at radius 3 is 1.92 bits per heavy atom. The van der Waals surface area contributed by atoms with Crippen molar-refractivity contribution in [3.05, 3.63) is 53.6 Å². The summed E-state index contributed by atoms with van der Waals surface area (Å²) in [6.45, 7) is 7.97. The van der Waals surface area contributed by atoms with E-state index in [1.165, 1.54) is 0 Å². The van der Waals surface area contributed by atoms with Crippen LogP contribution in [-0.2, 0) is 9.53 Å². The van der Waals surface area contributed by atoms with Crippen LogP contribution in [0.2, 0.25) is 5.02 Å². The van der Waals surface area contributed by atoms with Gasteiger partial charge in [0.15, 0.2) is 0 Å². The van der Waals surface area contributed by atoms with Crippen LogP contribution in [0.5, 0.6) is 17.2 Å². The molecule has 0 aliphatic carbocycles. The fraction of sp³-hybridized carbons (Fsp3) is 0.381. The van der Waals surface area contributed by atoms with E-state index in [-0.39, 0.29) is 23.9 Å². The van der Waals surface area contributed by atoms with Crippen LogP contribution in [0.15, 0.2) is 48.5 Å². The molecule has 2 aromatic carbocycles. The zero-order chi connectivity index (χ0) is 19.1. The molecule has 2 aromatic rings. The Labute approximate surface area is 160 Å². The standard InChI is InChI=1S/C21H25ClO4/c1-14(2)25-21(23)16(4)15(3)13-24-18-9-11-20(12-10-18)26-19-7-5-17(22)6-8-19/h5-12,14-16H,13H2,1-4H3. The van der Waals surface area contributed by atoms with E-state index in [1.54, 1.807) is 12.1 Å². The minimum absolute atomic E-state index is 0.0474. The molecule has 0 saturated carbocycles. The highest BCUT2D eigenvalue weighted by molar-refractivity contribution is 6.30. The third-order valence-corrected chi connectivity index (χ3v) is 4.22. The number of rotatable bonds is 8. The van der Waals surface area contributed by atoms with Crippen LogP contribution in [-0.4, -0.2) is 18.7 Å². The fourth-order valence-electron chi connectivity index (χ4n) is 2.19. The van der Waals surface area contributed by atoms with Crippen molar-refractivity contribution in [2.24, 2.45) is 11.8 Å². The Bertz CT molecular complexity index is 695. The number of carbonyl (C=O) groups excluding carboxylic acids is 1. The summed E-state index contributed by atoms with van der Waals surface area (Å²) >= 11 is 5.86. The minimum Gasteiger partial charge on any atom is -0.493 e. The van der Waals surface area contributed by atoms with Gasteiger partial charge in [0.25, 0.3) is 0 Å². The third kappa shape index (κ3) is 6.26. The summed E-state index contributed by atoms with van der Waals surface area (Å²) in [4.78, 5) is 11.9. The summed E-state index contributed by atoms with van der Waals surface area (Å²) in [7, 11) is 0. The number of hydrogen-bond donors (Lipinski definition) is 0. The zero-order valence-corrected chi connectivity index (χ0v) is 16.3. The lowest BCUT2D eigenvalue weighted by atomic mass is 9.97. The Morgan fingerprint density at radius 2 is 1.38 bits per heavy atom. The van der Waals surface area contributed by atoms with Crippen molar-refractivity contribution in [3.8, 4) is 17.2 Å². The van der Waals surface area contributed by atoms with E-state index < -0.39 is 0 Å². The van der Waals surface area contributed by atoms with Gasteiger partial charge in [0, 0.05) is 10.9 Å². The molecule has 2 rings (SSSR count). The van der Waals surface area contributed by atoms with Gasteiger partial charge in [-0.1, -0.05) is 25.4 Å². The van der Waals surface area contributed by atoms with E-state index in [9.17, 15) is 4.79 Å². The van der Waals surface area contributed by atoms with Crippen LogP contribution in [0.3, 0.4) is 0 Å². The van der Waals surface area contributed by atoms with Crippen LogP contribution < -0.4 is 9.47 Å². The summed E-state index contributed by atoms with van der Waals surface area (Å²) in [5.74, 6) is 1.79. The molecule has 0 N–H and O–H groups in total. The molecule has 26 heavy (non-hydrogen) atoms. The van der Waals surface area contributed by atoms with Crippen molar-refractivity contribution >= 4 is 17.6 Å². The monoisotopic (exact) mass is 376 g/mol. The zero-order valence-electron chi connectivity index (χ0n) is 15.6. The molecule has 0 spiro atoms. The average molecular weight is 377 g/mol. The first-order valence-electron chi connectivity index (χ1n) is 8.72. The molecule has 2 atom stereocenters. The second kappa shape index (κ2) is 9.48. The van der Waals surface area contributed by atoms with Crippen LogP contribution in [0, 0.1) is 11.8 Å². The van der Waals surface area contributed by atoms with E-state index >= 15 is 0 Å². The van der Waals surface area contributed by atoms with Crippen molar-refractivity contribution in [1.29, 1.82) is 0 Å². The first-order chi connectivity index (χ1) is 12.3. The molecule has 0 bridgehead atoms. The second-order valence-electron chi connectivity index (χ2n) is 6.59. The molecule has 0 aliphatic rings. The molecule has 0 fully saturated rings. The second-order valence-corrected chi connectivity index (χ2v) is 7.03. The lowest BCUT2D eigenvalue weighted by molar-refractivity contribution is -0.153. The third-order valence-electron chi connectivity index (χ3n) is 3.96. The summed E-state index contributed by atoms with van der Waals surface area (Å²) < 4.78 is 16.8. The normalized spacial score (nSPS) is 13.2. The van der Waals surface area contributed by atoms with Gasteiger partial charge in [-0.2, -0.15) is 0 Å². The highest BCUT2D eigenvalue weighted by Gasteiger charge is 2.23. The summed E-state index contributed by atoms with van der Waals surface area (Å²) in [5.41, 5.74) is 0. The van der Waals surface area contributed by atoms with Gasteiger partial charge < -0.3 is 14.2 Å². The topological polar surface area (TPSA) is 44.8 Å². The van der Waals surface area contributed by atoms with E-state index in [1.807, 2.05) is 64.1 Å². The lowest BCUT2D eigenvalue weighted by Gasteiger charge is -2.20. The van der Waals surface area contributed by atoms with Gasteiger partial charge in [-0.15, -0.1) is 0 Å². The molecule has 0 heterocycles. The first-order valence-corrected chi connectivity index (χ1v) is 9.09. The lowest BCUT2D eigenvalue weighted by Crippen LogP contribution is -2.27. The Kier molecular flexibility index (Phi) is 7.34. The van der Waals surface area contributed by atoms with Crippen LogP contribution in [0.4, 0.5) is 0 Å². The SMILES string of the molecule is CC(C)OC(=O)C(C)C(C)COc1ccc(Oc2ccc(Cl)cc2)cc1. The average Bonchev–Trinajstić information content (AvgIpc) is 2.61. The minimum atomic E-state index is -0.218. The predicted octanol–water partition coefficient (Wildman–Crippen LogP) is 5.73. The number of halogens is 1. The van der Waals surface area contributed by atoms with Gasteiger partial charge in [-0.25, -0.2) is 0 Å². The molecule has 0 aromatic heterocycles. The number of esters is 1. The molecular formula is C21H25ClO4. The van der Waals surface area contributed by atoms with E-state index in [2.05, 4.69) is 0 Å². The number of carbonyl (C=O) groups is 1. The molecule has 2 unspecified atom stereocenters. The fourth-order valence-corrected chi connectivity index (χ4v) is 2.31. The largest absolute Gasteiger partial charge is 0.493 e. The summed E-state index contributed by atoms with van der Waals surface area (Å²) in [6.07, 6.45) is -0.105. The molecule has 0 amide bonds. The smallest absolute Gasteiger partial charge is 0.309 e. The maximum absolute atomic E-state index is 11.9. The molecule has 0 saturated heterocycles. The molecule has 0 radical (unpaired) electrons. The number of ether oxygens (including phenoxy) is 3. The van der Waals surface area contributed by atoms with Gasteiger partial charge in [0.2, 0.25) is 0 Å². The summed E-state index contributed by atoms with van der Waals surface area (Å²) in [5, 5.41) is 0.668. The molecular weight excluding hydrogens is 352 g/mol. The Hall–Kier alpha value is -2.20. The molecule has 4 nitrogen and oxygen atoms in total. The van der Waals surface area contributed by atoms with Gasteiger partial charge in [0.1, 0.15) is 17.2 Å². The van der Waals surface area contributed by atoms with Crippen molar-refractivity contribution in [1.82, 2.24) is 0 Å². The predicted molar refractivity (Wildman–Crippen MR) is 103 cm³/mol. The van der Waals surface area contributed by atoms with E-state index in [4.69, 9.17) is 25.8 Å². The van der Waals surface area contributed by atoms with Crippen molar-refractivity contribution in [2.45, 2.75) is 33.8 Å². The number of hydrogen-bond acceptors (Lipinski definition) is 4. The first kappa shape index (κ1) is 20.1. The van der Waals surface area contributed by atoms with Gasteiger partial charge in [-0.05, 0) is 62.4 Å². The number of benzene rings is 2. The van der Waals surface area contributed by atoms with Crippen molar-refractivity contribution < 1.29 is 19.0 Å². The van der Waals surface area contributed by atoms with Crippen molar-refractivity contribution in [2.75, 3.05) is 6.61 Å². The summed E-state index contributed by atoms with van der Waals surface area (Å²) in [6, 6.07) is 14.5. The van der Waals surface area contributed by atoms with Crippen molar-refractivity contribution in [3.63, 3.8) is 0 Å². The van der Waals surface area contributed by atoms with Gasteiger partial charge >= 0.3 is 5.97 Å². The van der Waals surface area contributed by atoms with Crippen LogP contribution >= 0.6 is 11.6 Å². The van der Waals surface area contributed by atoms with Crippen LogP contribution in [0.25, 0.3) is 0 Å². The van der Waals surface area contributed by atoms with E-state index in [0.717, 1.165) is 5.75 Å². The quantitative estimate of drug-likeness (QED) is 0.551. The highest BCUT2D eigenvalue weighted by Crippen LogP contribution is 2.25. The van der Waals surface area contributed by atoms with E-state index in [0.29, 0.717) is 23.1 Å². The van der Waals surface area contributed by atoms with Gasteiger partial charge in [0.05, 0.1) is 18.6 Å². The Balaban J connectivity index is 1.84. The van der Waals surface area contributed by atoms with Gasteiger partial charge in [-0.3, -0.25) is 4.79 Å². The maximum atomic E-state index is 11.9. The molecule has 0 aliphatic heterocycles. The molecule has 140 valence electrons. The maximum Gasteiger partial charge on any atom is 0.309 e. The van der Waals surface area contributed by atoms with Crippen LogP contribution in [0.1, 0.15) is 27.7 Å². The molecule has 5 heteroatoms. The highest BCUT2D eigenvalue weighted by atomic mass is 35.5.